The zero-order chi connectivity index (χ0) is 19.0. The van der Waals surface area contributed by atoms with Gasteiger partial charge in [0.15, 0.2) is 0 Å². The minimum atomic E-state index is 0.664. The average Bonchev–Trinajstić information content (AvgIpc) is 2.75. The molecule has 2 N–H and O–H groups in total. The third kappa shape index (κ3) is 4.65. The molecule has 0 fully saturated rings. The predicted octanol–water partition coefficient (Wildman–Crippen LogP) is 4.94. The van der Waals surface area contributed by atoms with Crippen LogP contribution in [0.15, 0.2) is 84.9 Å². The highest BCUT2D eigenvalue weighted by Crippen LogP contribution is 2.22. The second kappa shape index (κ2) is 9.00. The monoisotopic (exact) mass is 368 g/mol. The second-order valence-electron chi connectivity index (χ2n) is 6.74. The molecule has 1 aromatic heterocycles. The van der Waals surface area contributed by atoms with Gasteiger partial charge in [-0.2, -0.15) is 4.98 Å². The van der Waals surface area contributed by atoms with Gasteiger partial charge in [0.25, 0.3) is 0 Å². The topological polar surface area (TPSA) is 49.8 Å². The van der Waals surface area contributed by atoms with E-state index in [1.807, 2.05) is 30.3 Å². The molecular formula is C24H24N4. The summed E-state index contributed by atoms with van der Waals surface area (Å²) in [6, 6.07) is 29.1. The summed E-state index contributed by atoms with van der Waals surface area (Å²) in [5.74, 6) is 1.54. The SMILES string of the molecule is c1ccc(CCNc2nc(NCCc3ccccc3)c3ccccc3n2)cc1. The summed E-state index contributed by atoms with van der Waals surface area (Å²) in [7, 11) is 0. The van der Waals surface area contributed by atoms with Crippen molar-refractivity contribution < 1.29 is 0 Å². The summed E-state index contributed by atoms with van der Waals surface area (Å²) in [6.07, 6.45) is 1.89. The highest BCUT2D eigenvalue weighted by Gasteiger charge is 2.07. The molecule has 4 aromatic rings. The predicted molar refractivity (Wildman–Crippen MR) is 117 cm³/mol. The number of anilines is 2. The van der Waals surface area contributed by atoms with E-state index in [0.29, 0.717) is 5.95 Å². The van der Waals surface area contributed by atoms with Gasteiger partial charge in [-0.25, -0.2) is 4.98 Å². The molecule has 0 aliphatic heterocycles. The van der Waals surface area contributed by atoms with Crippen LogP contribution in [0.2, 0.25) is 0 Å². The van der Waals surface area contributed by atoms with Gasteiger partial charge in [-0.15, -0.1) is 0 Å². The molecule has 0 aliphatic rings. The molecule has 4 heteroatoms. The van der Waals surface area contributed by atoms with Crippen molar-refractivity contribution in [3.05, 3.63) is 96.1 Å². The fourth-order valence-electron chi connectivity index (χ4n) is 3.22. The van der Waals surface area contributed by atoms with Crippen LogP contribution in [0.5, 0.6) is 0 Å². The van der Waals surface area contributed by atoms with Gasteiger partial charge in [-0.1, -0.05) is 72.8 Å². The van der Waals surface area contributed by atoms with Crippen molar-refractivity contribution in [1.29, 1.82) is 0 Å². The number of aromatic nitrogens is 2. The molecule has 1 heterocycles. The van der Waals surface area contributed by atoms with Crippen molar-refractivity contribution in [1.82, 2.24) is 9.97 Å². The fraction of sp³-hybridized carbons (Fsp3) is 0.167. The number of hydrogen-bond acceptors (Lipinski definition) is 4. The van der Waals surface area contributed by atoms with Crippen LogP contribution < -0.4 is 10.6 Å². The first kappa shape index (κ1) is 18.0. The van der Waals surface area contributed by atoms with Gasteiger partial charge < -0.3 is 10.6 Å². The van der Waals surface area contributed by atoms with Crippen LogP contribution in [-0.4, -0.2) is 23.1 Å². The Morgan fingerprint density at radius 3 is 1.82 bits per heavy atom. The van der Waals surface area contributed by atoms with Crippen LogP contribution in [0.25, 0.3) is 10.9 Å². The van der Waals surface area contributed by atoms with Crippen LogP contribution in [-0.2, 0) is 12.8 Å². The summed E-state index contributed by atoms with van der Waals surface area (Å²) in [4.78, 5) is 9.40. The van der Waals surface area contributed by atoms with Gasteiger partial charge in [0.05, 0.1) is 5.52 Å². The van der Waals surface area contributed by atoms with Crippen molar-refractivity contribution in [3.63, 3.8) is 0 Å². The van der Waals surface area contributed by atoms with Crippen molar-refractivity contribution in [2.75, 3.05) is 23.7 Å². The molecule has 4 rings (SSSR count). The lowest BCUT2D eigenvalue weighted by molar-refractivity contribution is 0.979. The van der Waals surface area contributed by atoms with E-state index in [2.05, 4.69) is 70.2 Å². The molecule has 0 amide bonds. The van der Waals surface area contributed by atoms with Gasteiger partial charge in [0, 0.05) is 18.5 Å². The van der Waals surface area contributed by atoms with Gasteiger partial charge in [0.2, 0.25) is 5.95 Å². The molecule has 0 spiro atoms. The van der Waals surface area contributed by atoms with Crippen molar-refractivity contribution in [2.45, 2.75) is 12.8 Å². The van der Waals surface area contributed by atoms with E-state index in [1.165, 1.54) is 11.1 Å². The summed E-state index contributed by atoms with van der Waals surface area (Å²) in [5.41, 5.74) is 3.56. The number of rotatable bonds is 8. The Labute approximate surface area is 165 Å². The standard InChI is InChI=1S/C24H24N4/c1-3-9-19(10-4-1)15-17-25-23-21-13-7-8-14-22(21)27-24(28-23)26-18-16-20-11-5-2-6-12-20/h1-14H,15-18H2,(H2,25,26,27,28). The van der Waals surface area contributed by atoms with E-state index < -0.39 is 0 Å². The van der Waals surface area contributed by atoms with E-state index >= 15 is 0 Å². The van der Waals surface area contributed by atoms with Crippen LogP contribution in [0.1, 0.15) is 11.1 Å². The lowest BCUT2D eigenvalue weighted by Gasteiger charge is -2.12. The molecule has 0 saturated heterocycles. The number of fused-ring (bicyclic) bond motifs is 1. The Hall–Kier alpha value is -3.40. The van der Waals surface area contributed by atoms with Crippen molar-refractivity contribution >= 4 is 22.7 Å². The van der Waals surface area contributed by atoms with E-state index in [1.54, 1.807) is 0 Å². The number of para-hydroxylation sites is 1. The summed E-state index contributed by atoms with van der Waals surface area (Å²) in [5, 5.41) is 7.91. The number of hydrogen-bond donors (Lipinski definition) is 2. The lowest BCUT2D eigenvalue weighted by atomic mass is 10.1. The quantitative estimate of drug-likeness (QED) is 0.462. The van der Waals surface area contributed by atoms with Gasteiger partial charge >= 0.3 is 0 Å². The molecule has 3 aromatic carbocycles. The smallest absolute Gasteiger partial charge is 0.225 e. The highest BCUT2D eigenvalue weighted by atomic mass is 15.1. The summed E-state index contributed by atoms with van der Waals surface area (Å²) in [6.45, 7) is 1.63. The molecule has 0 bridgehead atoms. The molecule has 4 nitrogen and oxygen atoms in total. The maximum absolute atomic E-state index is 4.73. The Kier molecular flexibility index (Phi) is 5.78. The van der Waals surface area contributed by atoms with Crippen molar-refractivity contribution in [3.8, 4) is 0 Å². The van der Waals surface area contributed by atoms with Crippen molar-refractivity contribution in [2.24, 2.45) is 0 Å². The van der Waals surface area contributed by atoms with Gasteiger partial charge in [-0.05, 0) is 36.1 Å². The first-order valence-electron chi connectivity index (χ1n) is 9.71. The van der Waals surface area contributed by atoms with Gasteiger partial charge in [0.1, 0.15) is 5.82 Å². The first-order valence-corrected chi connectivity index (χ1v) is 9.71. The Balaban J connectivity index is 1.45. The van der Waals surface area contributed by atoms with E-state index in [9.17, 15) is 0 Å². The maximum atomic E-state index is 4.73. The molecule has 0 radical (unpaired) electrons. The molecule has 140 valence electrons. The van der Waals surface area contributed by atoms with E-state index in [0.717, 1.165) is 42.7 Å². The third-order valence-corrected chi connectivity index (χ3v) is 4.69. The van der Waals surface area contributed by atoms with E-state index in [4.69, 9.17) is 4.98 Å². The zero-order valence-electron chi connectivity index (χ0n) is 15.8. The second-order valence-corrected chi connectivity index (χ2v) is 6.74. The minimum absolute atomic E-state index is 0.664. The molecule has 0 saturated carbocycles. The van der Waals surface area contributed by atoms with Crippen LogP contribution >= 0.6 is 0 Å². The maximum Gasteiger partial charge on any atom is 0.225 e. The fourth-order valence-corrected chi connectivity index (χ4v) is 3.22. The van der Waals surface area contributed by atoms with Crippen LogP contribution in [0, 0.1) is 0 Å². The minimum Gasteiger partial charge on any atom is -0.369 e. The normalized spacial score (nSPS) is 10.7. The highest BCUT2D eigenvalue weighted by molar-refractivity contribution is 5.90. The Bertz CT molecular complexity index is 1020. The van der Waals surface area contributed by atoms with Crippen LogP contribution in [0.4, 0.5) is 11.8 Å². The van der Waals surface area contributed by atoms with Gasteiger partial charge in [-0.3, -0.25) is 0 Å². The third-order valence-electron chi connectivity index (χ3n) is 4.69. The molecule has 0 unspecified atom stereocenters. The zero-order valence-corrected chi connectivity index (χ0v) is 15.8. The number of nitrogens with one attached hydrogen (secondary N) is 2. The molecule has 0 aliphatic carbocycles. The van der Waals surface area contributed by atoms with Crippen LogP contribution in [0.3, 0.4) is 0 Å². The lowest BCUT2D eigenvalue weighted by Crippen LogP contribution is -2.11. The first-order chi connectivity index (χ1) is 13.9. The number of benzene rings is 3. The Morgan fingerprint density at radius 1 is 0.571 bits per heavy atom. The summed E-state index contributed by atoms with van der Waals surface area (Å²) >= 11 is 0. The number of nitrogens with zero attached hydrogens (tertiary/aromatic N) is 2. The molecular weight excluding hydrogens is 344 g/mol. The molecule has 28 heavy (non-hydrogen) atoms. The largest absolute Gasteiger partial charge is 0.369 e. The Morgan fingerprint density at radius 2 is 1.14 bits per heavy atom. The van der Waals surface area contributed by atoms with E-state index in [-0.39, 0.29) is 0 Å². The summed E-state index contributed by atoms with van der Waals surface area (Å²) < 4.78 is 0. The molecule has 0 atom stereocenters. The average molecular weight is 368 g/mol.